The van der Waals surface area contributed by atoms with Gasteiger partial charge in [-0.15, -0.1) is 0 Å². The molecule has 2 nitrogen and oxygen atoms in total. The molecule has 2 N–H and O–H groups in total. The van der Waals surface area contributed by atoms with Crippen LogP contribution in [0.4, 0.5) is 0 Å². The molecule has 3 heteroatoms. The highest BCUT2D eigenvalue weighted by molar-refractivity contribution is 7.07. The van der Waals surface area contributed by atoms with E-state index in [9.17, 15) is 5.11 Å². The Bertz CT molecular complexity index is 337. The Labute approximate surface area is 101 Å². The fourth-order valence-electron chi connectivity index (χ4n) is 3.24. The predicted molar refractivity (Wildman–Crippen MR) is 66.8 cm³/mol. The summed E-state index contributed by atoms with van der Waals surface area (Å²) in [6, 6.07) is 3.32. The van der Waals surface area contributed by atoms with Crippen molar-refractivity contribution < 1.29 is 5.11 Å². The van der Waals surface area contributed by atoms with Crippen molar-refractivity contribution in [1.29, 1.82) is 0 Å². The van der Waals surface area contributed by atoms with Gasteiger partial charge < -0.3 is 10.4 Å². The van der Waals surface area contributed by atoms with Gasteiger partial charge in [0.15, 0.2) is 0 Å². The molecule has 0 saturated carbocycles. The normalized spacial score (nSPS) is 37.8. The van der Waals surface area contributed by atoms with E-state index in [2.05, 4.69) is 22.1 Å². The van der Waals surface area contributed by atoms with Gasteiger partial charge in [-0.1, -0.05) is 0 Å². The molecule has 0 spiro atoms. The summed E-state index contributed by atoms with van der Waals surface area (Å²) in [6.07, 6.45) is 6.37. The molecule has 0 amide bonds. The molecule has 1 aromatic rings. The van der Waals surface area contributed by atoms with Gasteiger partial charge in [0.25, 0.3) is 0 Å². The lowest BCUT2D eigenvalue weighted by Gasteiger charge is -2.37. The summed E-state index contributed by atoms with van der Waals surface area (Å²) in [7, 11) is 0. The number of hydrogen-bond donors (Lipinski definition) is 2. The SMILES string of the molecule is OC1(CCc2ccsc2)CC2CCC(C1)N2. The zero-order valence-electron chi connectivity index (χ0n) is 9.48. The lowest BCUT2D eigenvalue weighted by molar-refractivity contribution is -0.0136. The van der Waals surface area contributed by atoms with Crippen molar-refractivity contribution in [3.05, 3.63) is 22.4 Å². The van der Waals surface area contributed by atoms with Crippen molar-refractivity contribution in [2.75, 3.05) is 0 Å². The molecule has 2 aliphatic rings. The van der Waals surface area contributed by atoms with Gasteiger partial charge in [-0.3, -0.25) is 0 Å². The van der Waals surface area contributed by atoms with Crippen molar-refractivity contribution in [3.63, 3.8) is 0 Å². The molecule has 0 aliphatic carbocycles. The molecule has 0 radical (unpaired) electrons. The lowest BCUT2D eigenvalue weighted by atomic mass is 9.83. The maximum absolute atomic E-state index is 10.6. The van der Waals surface area contributed by atoms with Gasteiger partial charge in [-0.25, -0.2) is 0 Å². The van der Waals surface area contributed by atoms with Crippen molar-refractivity contribution in [3.8, 4) is 0 Å². The largest absolute Gasteiger partial charge is 0.390 e. The average molecular weight is 237 g/mol. The molecule has 3 heterocycles. The fraction of sp³-hybridized carbons (Fsp3) is 0.692. The molecule has 3 rings (SSSR count). The predicted octanol–water partition coefficient (Wildman–Crippen LogP) is 2.33. The summed E-state index contributed by atoms with van der Waals surface area (Å²) >= 11 is 1.74. The topological polar surface area (TPSA) is 32.3 Å². The van der Waals surface area contributed by atoms with Crippen LogP contribution < -0.4 is 5.32 Å². The minimum absolute atomic E-state index is 0.404. The van der Waals surface area contributed by atoms with Gasteiger partial charge in [0.1, 0.15) is 0 Å². The minimum atomic E-state index is -0.404. The Kier molecular flexibility index (Phi) is 2.78. The van der Waals surface area contributed by atoms with Gasteiger partial charge >= 0.3 is 0 Å². The summed E-state index contributed by atoms with van der Waals surface area (Å²) in [6.45, 7) is 0. The van der Waals surface area contributed by atoms with E-state index in [-0.39, 0.29) is 0 Å². The number of aryl methyl sites for hydroxylation is 1. The van der Waals surface area contributed by atoms with Gasteiger partial charge in [0.2, 0.25) is 0 Å². The highest BCUT2D eigenvalue weighted by Gasteiger charge is 2.41. The molecule has 0 aromatic carbocycles. The Morgan fingerprint density at radius 1 is 1.38 bits per heavy atom. The summed E-state index contributed by atoms with van der Waals surface area (Å²) in [5.41, 5.74) is 0.975. The number of thiophene rings is 1. The van der Waals surface area contributed by atoms with Crippen LogP contribution in [-0.4, -0.2) is 22.8 Å². The van der Waals surface area contributed by atoms with Crippen LogP contribution in [0.15, 0.2) is 16.8 Å². The Balaban J connectivity index is 1.61. The van der Waals surface area contributed by atoms with E-state index in [1.54, 1.807) is 11.3 Å². The smallest absolute Gasteiger partial charge is 0.0680 e. The lowest BCUT2D eigenvalue weighted by Crippen LogP contribution is -2.48. The maximum atomic E-state index is 10.6. The summed E-state index contributed by atoms with van der Waals surface area (Å²) in [5.74, 6) is 0. The van der Waals surface area contributed by atoms with Gasteiger partial charge in [0.05, 0.1) is 5.60 Å². The van der Waals surface area contributed by atoms with E-state index in [4.69, 9.17) is 0 Å². The third-order valence-electron chi connectivity index (χ3n) is 4.05. The first-order valence-electron chi connectivity index (χ1n) is 6.23. The number of fused-ring (bicyclic) bond motifs is 2. The Hall–Kier alpha value is -0.380. The van der Waals surface area contributed by atoms with E-state index in [1.165, 1.54) is 18.4 Å². The van der Waals surface area contributed by atoms with Crippen molar-refractivity contribution in [2.45, 2.75) is 56.2 Å². The van der Waals surface area contributed by atoms with Crippen LogP contribution >= 0.6 is 11.3 Å². The monoisotopic (exact) mass is 237 g/mol. The van der Waals surface area contributed by atoms with E-state index >= 15 is 0 Å². The van der Waals surface area contributed by atoms with Crippen molar-refractivity contribution in [1.82, 2.24) is 5.32 Å². The van der Waals surface area contributed by atoms with E-state index in [0.29, 0.717) is 12.1 Å². The Morgan fingerprint density at radius 3 is 2.75 bits per heavy atom. The van der Waals surface area contributed by atoms with Crippen LogP contribution in [0.3, 0.4) is 0 Å². The molecule has 2 atom stereocenters. The first-order valence-corrected chi connectivity index (χ1v) is 7.17. The average Bonchev–Trinajstić information content (AvgIpc) is 2.86. The molecular weight excluding hydrogens is 218 g/mol. The fourth-order valence-corrected chi connectivity index (χ4v) is 3.94. The Morgan fingerprint density at radius 2 is 2.12 bits per heavy atom. The van der Waals surface area contributed by atoms with Crippen LogP contribution in [0.25, 0.3) is 0 Å². The first-order chi connectivity index (χ1) is 7.73. The second kappa shape index (κ2) is 4.13. The summed E-state index contributed by atoms with van der Waals surface area (Å²) in [4.78, 5) is 0. The number of piperidine rings is 1. The number of hydrogen-bond acceptors (Lipinski definition) is 3. The summed E-state index contributed by atoms with van der Waals surface area (Å²) < 4.78 is 0. The van der Waals surface area contributed by atoms with E-state index in [1.807, 2.05) is 0 Å². The number of rotatable bonds is 3. The van der Waals surface area contributed by atoms with Crippen molar-refractivity contribution >= 4 is 11.3 Å². The zero-order valence-corrected chi connectivity index (χ0v) is 10.3. The molecule has 2 bridgehead atoms. The van der Waals surface area contributed by atoms with Crippen molar-refractivity contribution in [2.24, 2.45) is 0 Å². The third kappa shape index (κ3) is 2.17. The molecule has 2 fully saturated rings. The highest BCUT2D eigenvalue weighted by atomic mass is 32.1. The molecule has 2 aliphatic heterocycles. The zero-order chi connectivity index (χ0) is 11.0. The molecule has 16 heavy (non-hydrogen) atoms. The van der Waals surface area contributed by atoms with Gasteiger partial charge in [-0.05, 0) is 60.9 Å². The van der Waals surface area contributed by atoms with Gasteiger partial charge in [-0.2, -0.15) is 11.3 Å². The highest BCUT2D eigenvalue weighted by Crippen LogP contribution is 2.36. The molecule has 88 valence electrons. The molecular formula is C13H19NOS. The van der Waals surface area contributed by atoms with E-state index in [0.717, 1.165) is 25.7 Å². The molecule has 2 saturated heterocycles. The van der Waals surface area contributed by atoms with Crippen LogP contribution in [0.5, 0.6) is 0 Å². The van der Waals surface area contributed by atoms with Crippen LogP contribution in [0.2, 0.25) is 0 Å². The standard InChI is InChI=1S/C13H19NOS/c15-13(5-3-10-4-6-16-9-10)7-11-1-2-12(8-13)14-11/h4,6,9,11-12,14-15H,1-3,5,7-8H2. The second-order valence-corrected chi connectivity index (χ2v) is 6.18. The third-order valence-corrected chi connectivity index (χ3v) is 4.78. The van der Waals surface area contributed by atoms with E-state index < -0.39 is 5.60 Å². The number of aliphatic hydroxyl groups is 1. The van der Waals surface area contributed by atoms with Crippen LogP contribution in [0, 0.1) is 0 Å². The second-order valence-electron chi connectivity index (χ2n) is 5.40. The van der Waals surface area contributed by atoms with Crippen LogP contribution in [0.1, 0.15) is 37.7 Å². The van der Waals surface area contributed by atoms with Gasteiger partial charge in [0, 0.05) is 12.1 Å². The molecule has 2 unspecified atom stereocenters. The minimum Gasteiger partial charge on any atom is -0.390 e. The van der Waals surface area contributed by atoms with Crippen LogP contribution in [-0.2, 0) is 6.42 Å². The first kappa shape index (κ1) is 10.8. The quantitative estimate of drug-likeness (QED) is 0.845. The maximum Gasteiger partial charge on any atom is 0.0680 e. The summed E-state index contributed by atoms with van der Waals surface area (Å²) in [5, 5.41) is 18.5. The number of nitrogens with one attached hydrogen (secondary N) is 1. The molecule has 1 aromatic heterocycles.